The van der Waals surface area contributed by atoms with Crippen LogP contribution in [0.5, 0.6) is 0 Å². The zero-order valence-electron chi connectivity index (χ0n) is 11.3. The van der Waals surface area contributed by atoms with Crippen LogP contribution < -0.4 is 11.1 Å². The predicted octanol–water partition coefficient (Wildman–Crippen LogP) is 1.05. The van der Waals surface area contributed by atoms with Gasteiger partial charge < -0.3 is 11.1 Å². The molecule has 3 rings (SSSR count). The van der Waals surface area contributed by atoms with Crippen LogP contribution >= 0.6 is 0 Å². The molecule has 6 nitrogen and oxygen atoms in total. The van der Waals surface area contributed by atoms with Crippen LogP contribution in [-0.4, -0.2) is 20.5 Å². The van der Waals surface area contributed by atoms with Crippen molar-refractivity contribution in [1.82, 2.24) is 19.9 Å². The van der Waals surface area contributed by atoms with Crippen molar-refractivity contribution in [1.29, 1.82) is 0 Å². The lowest BCUT2D eigenvalue weighted by atomic mass is 10.1. The highest BCUT2D eigenvalue weighted by molar-refractivity contribution is 5.82. The first-order chi connectivity index (χ1) is 10.3. The maximum atomic E-state index is 12.1. The van der Waals surface area contributed by atoms with E-state index >= 15 is 0 Å². The van der Waals surface area contributed by atoms with Gasteiger partial charge in [0.2, 0.25) is 5.91 Å². The summed E-state index contributed by atoms with van der Waals surface area (Å²) >= 11 is 0. The van der Waals surface area contributed by atoms with Gasteiger partial charge in [0.05, 0.1) is 6.54 Å². The first-order valence-corrected chi connectivity index (χ1v) is 6.62. The van der Waals surface area contributed by atoms with Crippen LogP contribution in [-0.2, 0) is 11.3 Å². The molecule has 6 heteroatoms. The van der Waals surface area contributed by atoms with Gasteiger partial charge in [-0.3, -0.25) is 9.20 Å². The van der Waals surface area contributed by atoms with E-state index in [1.54, 1.807) is 0 Å². The Kier molecular flexibility index (Phi) is 3.61. The van der Waals surface area contributed by atoms with Crippen molar-refractivity contribution in [3.05, 3.63) is 66.1 Å². The molecule has 2 aromatic heterocycles. The molecule has 1 amide bonds. The van der Waals surface area contributed by atoms with Gasteiger partial charge in [-0.05, 0) is 17.7 Å². The Morgan fingerprint density at radius 3 is 2.71 bits per heavy atom. The van der Waals surface area contributed by atoms with Gasteiger partial charge in [-0.15, -0.1) is 10.2 Å². The monoisotopic (exact) mass is 281 g/mol. The fourth-order valence-corrected chi connectivity index (χ4v) is 2.10. The normalized spacial score (nSPS) is 12.2. The molecule has 0 aliphatic heterocycles. The number of pyridine rings is 1. The Morgan fingerprint density at radius 2 is 1.90 bits per heavy atom. The summed E-state index contributed by atoms with van der Waals surface area (Å²) in [5.41, 5.74) is 7.46. The van der Waals surface area contributed by atoms with E-state index in [2.05, 4.69) is 15.5 Å². The highest BCUT2D eigenvalue weighted by atomic mass is 16.2. The fraction of sp³-hybridized carbons (Fsp3) is 0.133. The number of hydrogen-bond acceptors (Lipinski definition) is 4. The van der Waals surface area contributed by atoms with Crippen molar-refractivity contribution < 1.29 is 4.79 Å². The molecule has 0 radical (unpaired) electrons. The summed E-state index contributed by atoms with van der Waals surface area (Å²) in [6.07, 6.45) is 1.86. The number of benzene rings is 1. The minimum atomic E-state index is -0.689. The van der Waals surface area contributed by atoms with E-state index in [1.807, 2.05) is 59.1 Å². The lowest BCUT2D eigenvalue weighted by Gasteiger charge is -2.11. The molecule has 0 saturated carbocycles. The molecule has 1 aromatic carbocycles. The first kappa shape index (κ1) is 13.3. The quantitative estimate of drug-likeness (QED) is 0.748. The summed E-state index contributed by atoms with van der Waals surface area (Å²) in [4.78, 5) is 12.1. The third kappa shape index (κ3) is 2.75. The Bertz CT molecular complexity index is 753. The molecule has 106 valence electrons. The van der Waals surface area contributed by atoms with E-state index < -0.39 is 6.04 Å². The minimum absolute atomic E-state index is 0.242. The molecule has 0 unspecified atom stereocenters. The van der Waals surface area contributed by atoms with Crippen molar-refractivity contribution in [2.24, 2.45) is 5.73 Å². The van der Waals surface area contributed by atoms with Crippen molar-refractivity contribution in [3.63, 3.8) is 0 Å². The summed E-state index contributed by atoms with van der Waals surface area (Å²) in [5.74, 6) is 0.424. The van der Waals surface area contributed by atoms with Gasteiger partial charge in [0.1, 0.15) is 6.04 Å². The fourth-order valence-electron chi connectivity index (χ4n) is 2.10. The molecule has 3 N–H and O–H groups in total. The van der Waals surface area contributed by atoms with Crippen LogP contribution in [0.2, 0.25) is 0 Å². The Balaban J connectivity index is 1.69. The largest absolute Gasteiger partial charge is 0.347 e. The second kappa shape index (κ2) is 5.72. The molecule has 0 saturated heterocycles. The van der Waals surface area contributed by atoms with E-state index in [9.17, 15) is 4.79 Å². The van der Waals surface area contributed by atoms with Crippen molar-refractivity contribution >= 4 is 11.6 Å². The lowest BCUT2D eigenvalue weighted by molar-refractivity contribution is -0.122. The second-order valence-electron chi connectivity index (χ2n) is 4.65. The summed E-state index contributed by atoms with van der Waals surface area (Å²) in [5, 5.41) is 10.9. The number of fused-ring (bicyclic) bond motifs is 1. The molecule has 3 aromatic rings. The SMILES string of the molecule is N[C@@H](C(=O)NCc1nnc2ccccn12)c1ccccc1. The zero-order chi connectivity index (χ0) is 14.7. The number of nitrogens with zero attached hydrogens (tertiary/aromatic N) is 3. The smallest absolute Gasteiger partial charge is 0.241 e. The van der Waals surface area contributed by atoms with Crippen LogP contribution in [0.25, 0.3) is 5.65 Å². The maximum Gasteiger partial charge on any atom is 0.241 e. The number of nitrogens with two attached hydrogens (primary N) is 1. The predicted molar refractivity (Wildman–Crippen MR) is 78.2 cm³/mol. The van der Waals surface area contributed by atoms with E-state index in [-0.39, 0.29) is 12.5 Å². The number of carbonyl (C=O) groups excluding carboxylic acids is 1. The van der Waals surface area contributed by atoms with Gasteiger partial charge in [0, 0.05) is 6.20 Å². The third-order valence-electron chi connectivity index (χ3n) is 3.25. The molecular weight excluding hydrogens is 266 g/mol. The molecule has 2 heterocycles. The van der Waals surface area contributed by atoms with Gasteiger partial charge in [0.15, 0.2) is 11.5 Å². The van der Waals surface area contributed by atoms with Crippen molar-refractivity contribution in [2.45, 2.75) is 12.6 Å². The first-order valence-electron chi connectivity index (χ1n) is 6.62. The van der Waals surface area contributed by atoms with Crippen molar-refractivity contribution in [3.8, 4) is 0 Å². The minimum Gasteiger partial charge on any atom is -0.347 e. The average molecular weight is 281 g/mol. The standard InChI is InChI=1S/C15H15N5O/c16-14(11-6-2-1-3-7-11)15(21)17-10-13-19-18-12-8-4-5-9-20(12)13/h1-9,14H,10,16H2,(H,17,21)/t14-/m1/s1. The van der Waals surface area contributed by atoms with Gasteiger partial charge in [-0.1, -0.05) is 36.4 Å². The summed E-state index contributed by atoms with van der Waals surface area (Å²) in [6.45, 7) is 0.282. The molecule has 0 fully saturated rings. The maximum absolute atomic E-state index is 12.1. The molecule has 1 atom stereocenters. The molecule has 0 spiro atoms. The number of amides is 1. The van der Waals surface area contributed by atoms with Gasteiger partial charge in [0.25, 0.3) is 0 Å². The van der Waals surface area contributed by atoms with Crippen LogP contribution in [0.1, 0.15) is 17.4 Å². The van der Waals surface area contributed by atoms with E-state index in [1.165, 1.54) is 0 Å². The summed E-state index contributed by atoms with van der Waals surface area (Å²) < 4.78 is 1.83. The highest BCUT2D eigenvalue weighted by Gasteiger charge is 2.15. The van der Waals surface area contributed by atoms with E-state index in [4.69, 9.17) is 5.73 Å². The number of rotatable bonds is 4. The second-order valence-corrected chi connectivity index (χ2v) is 4.65. The van der Waals surface area contributed by atoms with Crippen LogP contribution in [0.15, 0.2) is 54.7 Å². The molecule has 0 aliphatic carbocycles. The van der Waals surface area contributed by atoms with E-state index in [0.717, 1.165) is 11.2 Å². The average Bonchev–Trinajstić information content (AvgIpc) is 2.96. The number of nitrogens with one attached hydrogen (secondary N) is 1. The van der Waals surface area contributed by atoms with Crippen molar-refractivity contribution in [2.75, 3.05) is 0 Å². The number of carbonyl (C=O) groups is 1. The summed E-state index contributed by atoms with van der Waals surface area (Å²) in [6, 6.07) is 14.2. The van der Waals surface area contributed by atoms with Crippen LogP contribution in [0, 0.1) is 0 Å². The lowest BCUT2D eigenvalue weighted by Crippen LogP contribution is -2.34. The third-order valence-corrected chi connectivity index (χ3v) is 3.25. The topological polar surface area (TPSA) is 85.3 Å². The Hall–Kier alpha value is -2.73. The number of hydrogen-bond donors (Lipinski definition) is 2. The molecule has 0 aliphatic rings. The molecular formula is C15H15N5O. The Labute approximate surface area is 121 Å². The Morgan fingerprint density at radius 1 is 1.14 bits per heavy atom. The molecule has 0 bridgehead atoms. The van der Waals surface area contributed by atoms with E-state index in [0.29, 0.717) is 5.82 Å². The van der Waals surface area contributed by atoms with Gasteiger partial charge >= 0.3 is 0 Å². The molecule has 21 heavy (non-hydrogen) atoms. The van der Waals surface area contributed by atoms with Crippen LogP contribution in [0.4, 0.5) is 0 Å². The van der Waals surface area contributed by atoms with Gasteiger partial charge in [-0.2, -0.15) is 0 Å². The summed E-state index contributed by atoms with van der Waals surface area (Å²) in [7, 11) is 0. The zero-order valence-corrected chi connectivity index (χ0v) is 11.3. The number of aromatic nitrogens is 3. The van der Waals surface area contributed by atoms with Gasteiger partial charge in [-0.25, -0.2) is 0 Å². The van der Waals surface area contributed by atoms with Crippen LogP contribution in [0.3, 0.4) is 0 Å². The highest BCUT2D eigenvalue weighted by Crippen LogP contribution is 2.09.